The average molecular weight is 274 g/mol. The van der Waals surface area contributed by atoms with E-state index in [1.165, 1.54) is 50.8 Å². The largest absolute Gasteiger partial charge is 0.497 e. The van der Waals surface area contributed by atoms with Crippen LogP contribution in [0.25, 0.3) is 0 Å². The van der Waals surface area contributed by atoms with Crippen LogP contribution in [0.4, 0.5) is 0 Å². The third-order valence-corrected chi connectivity index (χ3v) is 4.77. The quantitative estimate of drug-likeness (QED) is 0.913. The first-order valence-corrected chi connectivity index (χ1v) is 7.97. The first-order chi connectivity index (χ1) is 9.86. The van der Waals surface area contributed by atoms with Gasteiger partial charge in [0.1, 0.15) is 5.75 Å². The van der Waals surface area contributed by atoms with Crippen LogP contribution < -0.4 is 10.1 Å². The molecule has 1 aromatic rings. The van der Waals surface area contributed by atoms with Gasteiger partial charge in [0.05, 0.1) is 7.11 Å². The predicted molar refractivity (Wildman–Crippen MR) is 82.1 cm³/mol. The molecule has 20 heavy (non-hydrogen) atoms. The topological polar surface area (TPSA) is 24.5 Å². The maximum atomic E-state index is 5.24. The Kier molecular flexibility index (Phi) is 4.58. The monoisotopic (exact) mass is 274 g/mol. The molecule has 2 heterocycles. The standard InChI is InChI=1S/C17H26N2O/c1-20-15-9-7-14(8-10-15)13-19-12-3-2-6-17(19)16-5-4-11-18-16/h7-10,16-18H,2-6,11-13H2,1H3. The molecule has 0 bridgehead atoms. The van der Waals surface area contributed by atoms with E-state index in [1.807, 2.05) is 0 Å². The molecular weight excluding hydrogens is 248 g/mol. The van der Waals surface area contributed by atoms with E-state index < -0.39 is 0 Å². The number of nitrogens with zero attached hydrogens (tertiary/aromatic N) is 1. The molecule has 2 aliphatic heterocycles. The lowest BCUT2D eigenvalue weighted by atomic mass is 9.94. The number of hydrogen-bond donors (Lipinski definition) is 1. The molecule has 1 aromatic carbocycles. The molecule has 0 spiro atoms. The zero-order valence-electron chi connectivity index (χ0n) is 12.5. The second-order valence-electron chi connectivity index (χ2n) is 6.08. The van der Waals surface area contributed by atoms with Gasteiger partial charge in [-0.1, -0.05) is 18.6 Å². The van der Waals surface area contributed by atoms with Crippen molar-refractivity contribution in [3.05, 3.63) is 29.8 Å². The summed E-state index contributed by atoms with van der Waals surface area (Å²) >= 11 is 0. The van der Waals surface area contributed by atoms with Crippen molar-refractivity contribution < 1.29 is 4.74 Å². The fourth-order valence-corrected chi connectivity index (χ4v) is 3.67. The number of likely N-dealkylation sites (tertiary alicyclic amines) is 1. The molecule has 110 valence electrons. The van der Waals surface area contributed by atoms with E-state index in [-0.39, 0.29) is 0 Å². The lowest BCUT2D eigenvalue weighted by Gasteiger charge is -2.39. The van der Waals surface area contributed by atoms with Crippen molar-refractivity contribution in [2.75, 3.05) is 20.2 Å². The van der Waals surface area contributed by atoms with Gasteiger partial charge >= 0.3 is 0 Å². The average Bonchev–Trinajstić information content (AvgIpc) is 3.03. The second-order valence-corrected chi connectivity index (χ2v) is 6.08. The number of hydrogen-bond acceptors (Lipinski definition) is 3. The van der Waals surface area contributed by atoms with Crippen LogP contribution in [0.1, 0.15) is 37.7 Å². The van der Waals surface area contributed by atoms with E-state index in [1.54, 1.807) is 7.11 Å². The molecule has 3 nitrogen and oxygen atoms in total. The summed E-state index contributed by atoms with van der Waals surface area (Å²) in [5.41, 5.74) is 1.40. The Morgan fingerprint density at radius 2 is 2.00 bits per heavy atom. The fraction of sp³-hybridized carbons (Fsp3) is 0.647. The van der Waals surface area contributed by atoms with Gasteiger partial charge < -0.3 is 10.1 Å². The molecule has 2 aliphatic rings. The third kappa shape index (κ3) is 3.15. The van der Waals surface area contributed by atoms with Crippen LogP contribution in [0.15, 0.2) is 24.3 Å². The van der Waals surface area contributed by atoms with E-state index in [0.29, 0.717) is 6.04 Å². The van der Waals surface area contributed by atoms with Crippen LogP contribution in [-0.4, -0.2) is 37.2 Å². The molecule has 3 rings (SSSR count). The highest BCUT2D eigenvalue weighted by molar-refractivity contribution is 5.27. The van der Waals surface area contributed by atoms with Crippen LogP contribution in [0.2, 0.25) is 0 Å². The van der Waals surface area contributed by atoms with Crippen molar-refractivity contribution in [2.24, 2.45) is 0 Å². The third-order valence-electron chi connectivity index (χ3n) is 4.77. The molecular formula is C17H26N2O. The Bertz CT molecular complexity index is 412. The number of benzene rings is 1. The Labute approximate surface area is 122 Å². The van der Waals surface area contributed by atoms with Crippen LogP contribution >= 0.6 is 0 Å². The fourth-order valence-electron chi connectivity index (χ4n) is 3.67. The molecule has 0 aromatic heterocycles. The predicted octanol–water partition coefficient (Wildman–Crippen LogP) is 2.80. The lowest BCUT2D eigenvalue weighted by molar-refractivity contribution is 0.112. The number of methoxy groups -OCH3 is 1. The van der Waals surface area contributed by atoms with Gasteiger partial charge in [0, 0.05) is 18.6 Å². The Hall–Kier alpha value is -1.06. The van der Waals surface area contributed by atoms with Crippen LogP contribution in [0.3, 0.4) is 0 Å². The van der Waals surface area contributed by atoms with Gasteiger partial charge in [0.25, 0.3) is 0 Å². The molecule has 3 heteroatoms. The number of piperidine rings is 1. The molecule has 0 saturated carbocycles. The van der Waals surface area contributed by atoms with Gasteiger partial charge in [-0.25, -0.2) is 0 Å². The van der Waals surface area contributed by atoms with E-state index in [0.717, 1.165) is 18.3 Å². The Morgan fingerprint density at radius 1 is 1.15 bits per heavy atom. The van der Waals surface area contributed by atoms with Crippen molar-refractivity contribution in [1.29, 1.82) is 0 Å². The van der Waals surface area contributed by atoms with E-state index in [9.17, 15) is 0 Å². The zero-order valence-corrected chi connectivity index (χ0v) is 12.5. The maximum Gasteiger partial charge on any atom is 0.118 e. The SMILES string of the molecule is COc1ccc(CN2CCCCC2C2CCCN2)cc1. The Balaban J connectivity index is 1.66. The van der Waals surface area contributed by atoms with Crippen molar-refractivity contribution in [3.63, 3.8) is 0 Å². The Morgan fingerprint density at radius 3 is 2.70 bits per heavy atom. The van der Waals surface area contributed by atoms with E-state index in [2.05, 4.69) is 34.5 Å². The van der Waals surface area contributed by atoms with Crippen molar-refractivity contribution >= 4 is 0 Å². The smallest absolute Gasteiger partial charge is 0.118 e. The molecule has 0 aliphatic carbocycles. The molecule has 0 amide bonds. The first-order valence-electron chi connectivity index (χ1n) is 7.97. The summed E-state index contributed by atoms with van der Waals surface area (Å²) in [5.74, 6) is 0.946. The maximum absolute atomic E-state index is 5.24. The van der Waals surface area contributed by atoms with Crippen molar-refractivity contribution in [1.82, 2.24) is 10.2 Å². The van der Waals surface area contributed by atoms with Gasteiger partial charge in [-0.3, -0.25) is 4.90 Å². The highest BCUT2D eigenvalue weighted by atomic mass is 16.5. The van der Waals surface area contributed by atoms with Gasteiger partial charge in [-0.05, 0) is 56.5 Å². The summed E-state index contributed by atoms with van der Waals surface area (Å²) in [7, 11) is 1.72. The van der Waals surface area contributed by atoms with Gasteiger partial charge in [-0.15, -0.1) is 0 Å². The number of rotatable bonds is 4. The highest BCUT2D eigenvalue weighted by Gasteiger charge is 2.31. The van der Waals surface area contributed by atoms with Crippen LogP contribution in [0, 0.1) is 0 Å². The van der Waals surface area contributed by atoms with Gasteiger partial charge in [0.2, 0.25) is 0 Å². The summed E-state index contributed by atoms with van der Waals surface area (Å²) in [4.78, 5) is 2.69. The van der Waals surface area contributed by atoms with Crippen LogP contribution in [-0.2, 0) is 6.54 Å². The minimum Gasteiger partial charge on any atom is -0.497 e. The highest BCUT2D eigenvalue weighted by Crippen LogP contribution is 2.26. The van der Waals surface area contributed by atoms with Crippen molar-refractivity contribution in [2.45, 2.75) is 50.7 Å². The molecule has 2 fully saturated rings. The molecule has 2 unspecified atom stereocenters. The normalized spacial score (nSPS) is 27.6. The molecule has 2 saturated heterocycles. The molecule has 2 atom stereocenters. The summed E-state index contributed by atoms with van der Waals surface area (Å²) in [6.45, 7) is 3.53. The van der Waals surface area contributed by atoms with Crippen LogP contribution in [0.5, 0.6) is 5.75 Å². The molecule has 1 N–H and O–H groups in total. The summed E-state index contributed by atoms with van der Waals surface area (Å²) in [6, 6.07) is 9.99. The summed E-state index contributed by atoms with van der Waals surface area (Å²) < 4.78 is 5.24. The lowest BCUT2D eigenvalue weighted by Crippen LogP contribution is -2.49. The number of nitrogens with one attached hydrogen (secondary N) is 1. The minimum absolute atomic E-state index is 0.716. The van der Waals surface area contributed by atoms with E-state index >= 15 is 0 Å². The second kappa shape index (κ2) is 6.59. The van der Waals surface area contributed by atoms with E-state index in [4.69, 9.17) is 4.74 Å². The zero-order chi connectivity index (χ0) is 13.8. The summed E-state index contributed by atoms with van der Waals surface area (Å²) in [5, 5.41) is 3.70. The molecule has 0 radical (unpaired) electrons. The minimum atomic E-state index is 0.716. The van der Waals surface area contributed by atoms with Gasteiger partial charge in [-0.2, -0.15) is 0 Å². The number of ether oxygens (including phenoxy) is 1. The van der Waals surface area contributed by atoms with Gasteiger partial charge in [0.15, 0.2) is 0 Å². The first kappa shape index (κ1) is 13.9. The summed E-state index contributed by atoms with van der Waals surface area (Å²) in [6.07, 6.45) is 6.79. The van der Waals surface area contributed by atoms with Crippen molar-refractivity contribution in [3.8, 4) is 5.75 Å².